The minimum Gasteiger partial charge on any atom is -0.351 e. The Kier molecular flexibility index (Phi) is 6.31. The van der Waals surface area contributed by atoms with Crippen molar-refractivity contribution in [3.63, 3.8) is 0 Å². The van der Waals surface area contributed by atoms with Crippen LogP contribution >= 0.6 is 0 Å². The Morgan fingerprint density at radius 2 is 1.88 bits per heavy atom. The van der Waals surface area contributed by atoms with E-state index >= 15 is 0 Å². The zero-order chi connectivity index (χ0) is 24.5. The first-order valence-corrected chi connectivity index (χ1v) is 12.6. The summed E-state index contributed by atoms with van der Waals surface area (Å²) in [6.07, 6.45) is 2.56. The summed E-state index contributed by atoms with van der Waals surface area (Å²) in [6.45, 7) is 9.05. The maximum atomic E-state index is 13.1. The second kappa shape index (κ2) is 9.06. The van der Waals surface area contributed by atoms with Crippen LogP contribution in [-0.4, -0.2) is 36.4 Å². The SMILES string of the molecule is Cc1cccc(Nc2cccc(S(=O)(=O)NC(=O)c3cccnc3N3CC(C)CC3(C)C)n2)c1. The highest BCUT2D eigenvalue weighted by Gasteiger charge is 2.39. The lowest BCUT2D eigenvalue weighted by atomic mass is 9.97. The number of amides is 1. The minimum absolute atomic E-state index is 0.195. The maximum absolute atomic E-state index is 13.1. The van der Waals surface area contributed by atoms with E-state index in [-0.39, 0.29) is 16.1 Å². The predicted octanol–water partition coefficient (Wildman–Crippen LogP) is 4.27. The zero-order valence-corrected chi connectivity index (χ0v) is 20.6. The van der Waals surface area contributed by atoms with Gasteiger partial charge < -0.3 is 10.2 Å². The van der Waals surface area contributed by atoms with Gasteiger partial charge in [-0.05, 0) is 75.1 Å². The molecule has 8 nitrogen and oxygen atoms in total. The maximum Gasteiger partial charge on any atom is 0.281 e. The molecule has 1 aromatic carbocycles. The Hall–Kier alpha value is -3.46. The molecule has 178 valence electrons. The number of nitrogens with zero attached hydrogens (tertiary/aromatic N) is 3. The Bertz CT molecular complexity index is 1320. The van der Waals surface area contributed by atoms with Crippen molar-refractivity contribution in [3.05, 3.63) is 71.9 Å². The molecule has 3 aromatic rings. The van der Waals surface area contributed by atoms with Gasteiger partial charge in [0.25, 0.3) is 15.9 Å². The number of hydrogen-bond donors (Lipinski definition) is 2. The molecule has 2 aromatic heterocycles. The van der Waals surface area contributed by atoms with E-state index in [0.717, 1.165) is 24.2 Å². The molecular weight excluding hydrogens is 450 g/mol. The van der Waals surface area contributed by atoms with Crippen LogP contribution in [-0.2, 0) is 10.0 Å². The first kappa shape index (κ1) is 23.7. The molecule has 1 unspecified atom stereocenters. The van der Waals surface area contributed by atoms with E-state index in [2.05, 4.69) is 45.7 Å². The van der Waals surface area contributed by atoms with E-state index in [0.29, 0.717) is 17.6 Å². The van der Waals surface area contributed by atoms with Crippen LogP contribution in [0.4, 0.5) is 17.3 Å². The van der Waals surface area contributed by atoms with Crippen molar-refractivity contribution < 1.29 is 13.2 Å². The van der Waals surface area contributed by atoms with Crippen molar-refractivity contribution in [1.82, 2.24) is 14.7 Å². The first-order chi connectivity index (χ1) is 16.0. The number of aryl methyl sites for hydroxylation is 1. The van der Waals surface area contributed by atoms with Gasteiger partial charge in [0.15, 0.2) is 5.03 Å². The molecule has 4 rings (SSSR count). The number of hydrogen-bond acceptors (Lipinski definition) is 7. The topological polar surface area (TPSA) is 104 Å². The van der Waals surface area contributed by atoms with Crippen molar-refractivity contribution in [2.75, 3.05) is 16.8 Å². The van der Waals surface area contributed by atoms with Crippen LogP contribution < -0.4 is 14.9 Å². The highest BCUT2D eigenvalue weighted by atomic mass is 32.2. The van der Waals surface area contributed by atoms with Gasteiger partial charge in [-0.2, -0.15) is 8.42 Å². The van der Waals surface area contributed by atoms with E-state index in [1.165, 1.54) is 6.07 Å². The minimum atomic E-state index is -4.21. The predicted molar refractivity (Wildman–Crippen MR) is 133 cm³/mol. The van der Waals surface area contributed by atoms with E-state index < -0.39 is 15.9 Å². The molecule has 1 aliphatic heterocycles. The lowest BCUT2D eigenvalue weighted by molar-refractivity contribution is 0.0981. The molecule has 1 aliphatic rings. The number of carbonyl (C=O) groups excluding carboxylic acids is 1. The third-order valence-electron chi connectivity index (χ3n) is 5.88. The number of sulfonamides is 1. The van der Waals surface area contributed by atoms with Crippen molar-refractivity contribution in [3.8, 4) is 0 Å². The van der Waals surface area contributed by atoms with Crippen molar-refractivity contribution in [2.45, 2.75) is 44.7 Å². The first-order valence-electron chi connectivity index (χ1n) is 11.2. The van der Waals surface area contributed by atoms with Gasteiger partial charge in [0.2, 0.25) is 0 Å². The third kappa shape index (κ3) is 5.04. The number of anilines is 3. The molecule has 1 fully saturated rings. The largest absolute Gasteiger partial charge is 0.351 e. The Morgan fingerprint density at radius 3 is 2.59 bits per heavy atom. The average molecular weight is 480 g/mol. The lowest BCUT2D eigenvalue weighted by Gasteiger charge is -2.33. The van der Waals surface area contributed by atoms with Gasteiger partial charge >= 0.3 is 0 Å². The monoisotopic (exact) mass is 479 g/mol. The molecule has 1 saturated heterocycles. The van der Waals surface area contributed by atoms with E-state index in [9.17, 15) is 13.2 Å². The molecule has 0 bridgehead atoms. The average Bonchev–Trinajstić information content (AvgIpc) is 3.05. The summed E-state index contributed by atoms with van der Waals surface area (Å²) in [7, 11) is -4.21. The van der Waals surface area contributed by atoms with Crippen LogP contribution in [0, 0.1) is 12.8 Å². The van der Waals surface area contributed by atoms with Gasteiger partial charge in [-0.1, -0.05) is 25.1 Å². The van der Waals surface area contributed by atoms with E-state index in [1.54, 1.807) is 30.5 Å². The fourth-order valence-electron chi connectivity index (χ4n) is 4.48. The lowest BCUT2D eigenvalue weighted by Crippen LogP contribution is -2.41. The fraction of sp³-hybridized carbons (Fsp3) is 0.320. The smallest absolute Gasteiger partial charge is 0.281 e. The van der Waals surface area contributed by atoms with Crippen LogP contribution in [0.15, 0.2) is 65.8 Å². The molecule has 34 heavy (non-hydrogen) atoms. The second-order valence-electron chi connectivity index (χ2n) is 9.40. The van der Waals surface area contributed by atoms with Crippen molar-refractivity contribution in [2.24, 2.45) is 5.92 Å². The molecule has 2 N–H and O–H groups in total. The van der Waals surface area contributed by atoms with E-state index in [4.69, 9.17) is 0 Å². The summed E-state index contributed by atoms with van der Waals surface area (Å²) in [4.78, 5) is 23.8. The third-order valence-corrected chi connectivity index (χ3v) is 7.11. The van der Waals surface area contributed by atoms with Gasteiger partial charge in [-0.25, -0.2) is 14.7 Å². The van der Waals surface area contributed by atoms with Gasteiger partial charge in [0, 0.05) is 24.0 Å². The van der Waals surface area contributed by atoms with Gasteiger partial charge in [0.05, 0.1) is 5.56 Å². The number of carbonyl (C=O) groups is 1. The standard InChI is InChI=1S/C25H29N5O3S/c1-17-8-5-9-19(14-17)27-21-11-6-12-22(28-21)34(32,33)29-24(31)20-10-7-13-26-23(20)30-16-18(2)15-25(30,3)4/h5-14,18H,15-16H2,1-4H3,(H,27,28)(H,29,31). The number of nitrogens with one attached hydrogen (secondary N) is 2. The van der Waals surface area contributed by atoms with Crippen molar-refractivity contribution >= 4 is 33.3 Å². The van der Waals surface area contributed by atoms with Gasteiger partial charge in [0.1, 0.15) is 11.6 Å². The summed E-state index contributed by atoms with van der Waals surface area (Å²) in [6, 6.07) is 15.5. The number of benzene rings is 1. The van der Waals surface area contributed by atoms with Gasteiger partial charge in [-0.15, -0.1) is 0 Å². The van der Waals surface area contributed by atoms with Crippen LogP contribution in [0.5, 0.6) is 0 Å². The molecule has 1 atom stereocenters. The quantitative estimate of drug-likeness (QED) is 0.544. The molecule has 0 saturated carbocycles. The molecule has 1 amide bonds. The fourth-order valence-corrected chi connectivity index (χ4v) is 5.42. The van der Waals surface area contributed by atoms with Crippen LogP contribution in [0.25, 0.3) is 0 Å². The summed E-state index contributed by atoms with van der Waals surface area (Å²) in [5.41, 5.74) is 1.86. The molecule has 0 spiro atoms. The molecule has 9 heteroatoms. The number of aromatic nitrogens is 2. The summed E-state index contributed by atoms with van der Waals surface area (Å²) in [5.74, 6) is 0.532. The van der Waals surface area contributed by atoms with E-state index in [1.807, 2.05) is 31.2 Å². The molecule has 3 heterocycles. The van der Waals surface area contributed by atoms with Crippen molar-refractivity contribution in [1.29, 1.82) is 0 Å². The normalized spacial score (nSPS) is 17.4. The molecular formula is C25H29N5O3S. The van der Waals surface area contributed by atoms with Crippen LogP contribution in [0.1, 0.15) is 43.1 Å². The second-order valence-corrected chi connectivity index (χ2v) is 11.0. The molecule has 0 aliphatic carbocycles. The Balaban J connectivity index is 1.58. The van der Waals surface area contributed by atoms with Crippen LogP contribution in [0.3, 0.4) is 0 Å². The Labute approximate surface area is 200 Å². The summed E-state index contributed by atoms with van der Waals surface area (Å²) < 4.78 is 28.2. The van der Waals surface area contributed by atoms with Crippen LogP contribution in [0.2, 0.25) is 0 Å². The molecule has 0 radical (unpaired) electrons. The summed E-state index contributed by atoms with van der Waals surface area (Å²) in [5, 5.41) is 2.85. The number of rotatable bonds is 6. The Morgan fingerprint density at radius 1 is 1.12 bits per heavy atom. The van der Waals surface area contributed by atoms with Gasteiger partial charge in [-0.3, -0.25) is 4.79 Å². The highest BCUT2D eigenvalue weighted by molar-refractivity contribution is 7.90. The summed E-state index contributed by atoms with van der Waals surface area (Å²) >= 11 is 0. The zero-order valence-electron chi connectivity index (χ0n) is 19.7. The highest BCUT2D eigenvalue weighted by Crippen LogP contribution is 2.37. The number of pyridine rings is 2.